The third-order valence-electron chi connectivity index (χ3n) is 3.05. The van der Waals surface area contributed by atoms with Crippen LogP contribution in [-0.4, -0.2) is 5.91 Å². The molecule has 0 aliphatic carbocycles. The van der Waals surface area contributed by atoms with E-state index in [1.807, 2.05) is 67.6 Å². The van der Waals surface area contributed by atoms with Crippen molar-refractivity contribution in [3.63, 3.8) is 0 Å². The number of nitrogens with one attached hydrogen (secondary N) is 1. The minimum Gasteiger partial charge on any atom is -0.347 e. The van der Waals surface area contributed by atoms with Crippen molar-refractivity contribution < 1.29 is 4.79 Å². The number of aryl methyl sites for hydroxylation is 1. The average Bonchev–Trinajstić information content (AvgIpc) is 2.52. The van der Waals surface area contributed by atoms with Crippen LogP contribution < -0.4 is 5.32 Å². The van der Waals surface area contributed by atoms with E-state index in [1.165, 1.54) is 5.56 Å². The number of nitriles is 1. The summed E-state index contributed by atoms with van der Waals surface area (Å²) in [5, 5.41) is 11.9. The van der Waals surface area contributed by atoms with E-state index < -0.39 is 0 Å². The summed E-state index contributed by atoms with van der Waals surface area (Å²) in [6, 6.07) is 19.2. The van der Waals surface area contributed by atoms with Gasteiger partial charge < -0.3 is 5.32 Å². The van der Waals surface area contributed by atoms with Crippen molar-refractivity contribution in [2.75, 3.05) is 0 Å². The zero-order valence-electron chi connectivity index (χ0n) is 11.8. The molecule has 0 bridgehead atoms. The first kappa shape index (κ1) is 14.5. The first-order valence-electron chi connectivity index (χ1n) is 6.69. The first-order chi connectivity index (χ1) is 10.2. The summed E-state index contributed by atoms with van der Waals surface area (Å²) < 4.78 is 0. The summed E-state index contributed by atoms with van der Waals surface area (Å²) in [5.41, 5.74) is 3.12. The van der Waals surface area contributed by atoms with Crippen molar-refractivity contribution in [2.24, 2.45) is 0 Å². The molecule has 0 unspecified atom stereocenters. The number of hydrogen-bond donors (Lipinski definition) is 1. The third kappa shape index (κ3) is 4.32. The van der Waals surface area contributed by atoms with E-state index in [4.69, 9.17) is 5.26 Å². The zero-order valence-corrected chi connectivity index (χ0v) is 11.8. The molecule has 0 heterocycles. The van der Waals surface area contributed by atoms with Gasteiger partial charge in [0.05, 0.1) is 0 Å². The van der Waals surface area contributed by atoms with Crippen molar-refractivity contribution in [1.82, 2.24) is 5.32 Å². The highest BCUT2D eigenvalue weighted by molar-refractivity contribution is 6.01. The monoisotopic (exact) mass is 276 g/mol. The molecule has 104 valence electrons. The van der Waals surface area contributed by atoms with Crippen molar-refractivity contribution in [3.05, 3.63) is 76.9 Å². The molecule has 0 aliphatic heterocycles. The predicted octanol–water partition coefficient (Wildman–Crippen LogP) is 3.22. The SMILES string of the molecule is Cc1ccc(CNC(=O)C(C#N)=Cc2ccccc2)cc1. The third-order valence-corrected chi connectivity index (χ3v) is 3.05. The van der Waals surface area contributed by atoms with Gasteiger partial charge in [-0.2, -0.15) is 5.26 Å². The van der Waals surface area contributed by atoms with E-state index in [0.29, 0.717) is 6.54 Å². The van der Waals surface area contributed by atoms with Crippen molar-refractivity contribution in [2.45, 2.75) is 13.5 Å². The fourth-order valence-corrected chi connectivity index (χ4v) is 1.85. The highest BCUT2D eigenvalue weighted by Gasteiger charge is 2.08. The Morgan fingerprint density at radius 1 is 1.14 bits per heavy atom. The van der Waals surface area contributed by atoms with Crippen LogP contribution in [0.2, 0.25) is 0 Å². The number of nitrogens with zero attached hydrogens (tertiary/aromatic N) is 1. The van der Waals surface area contributed by atoms with Gasteiger partial charge >= 0.3 is 0 Å². The predicted molar refractivity (Wildman–Crippen MR) is 83.1 cm³/mol. The van der Waals surface area contributed by atoms with Crippen LogP contribution in [0.25, 0.3) is 6.08 Å². The highest BCUT2D eigenvalue weighted by Crippen LogP contribution is 2.07. The van der Waals surface area contributed by atoms with E-state index in [0.717, 1.165) is 11.1 Å². The fourth-order valence-electron chi connectivity index (χ4n) is 1.85. The maximum absolute atomic E-state index is 12.0. The van der Waals surface area contributed by atoms with Crippen LogP contribution in [0.3, 0.4) is 0 Å². The minimum atomic E-state index is -0.359. The topological polar surface area (TPSA) is 52.9 Å². The summed E-state index contributed by atoms with van der Waals surface area (Å²) in [6.07, 6.45) is 1.59. The summed E-state index contributed by atoms with van der Waals surface area (Å²) >= 11 is 0. The van der Waals surface area contributed by atoms with Gasteiger partial charge in [-0.3, -0.25) is 4.79 Å². The molecule has 0 radical (unpaired) electrons. The molecule has 2 aromatic carbocycles. The Morgan fingerprint density at radius 2 is 1.81 bits per heavy atom. The van der Waals surface area contributed by atoms with Gasteiger partial charge in [0.2, 0.25) is 0 Å². The second-order valence-corrected chi connectivity index (χ2v) is 4.75. The number of rotatable bonds is 4. The molecular formula is C18H16N2O. The second kappa shape index (κ2) is 7.06. The largest absolute Gasteiger partial charge is 0.347 e. The maximum atomic E-state index is 12.0. The average molecular weight is 276 g/mol. The van der Waals surface area contributed by atoms with Crippen LogP contribution in [0.4, 0.5) is 0 Å². The number of carbonyl (C=O) groups excluding carboxylic acids is 1. The lowest BCUT2D eigenvalue weighted by Crippen LogP contribution is -2.23. The van der Waals surface area contributed by atoms with Crippen LogP contribution in [0.15, 0.2) is 60.2 Å². The van der Waals surface area contributed by atoms with Crippen LogP contribution in [0.1, 0.15) is 16.7 Å². The molecule has 3 nitrogen and oxygen atoms in total. The first-order valence-corrected chi connectivity index (χ1v) is 6.69. The van der Waals surface area contributed by atoms with E-state index in [1.54, 1.807) is 6.08 Å². The van der Waals surface area contributed by atoms with Gasteiger partial charge in [-0.25, -0.2) is 0 Å². The molecule has 0 atom stereocenters. The molecule has 1 N–H and O–H groups in total. The molecule has 2 aromatic rings. The molecule has 0 aromatic heterocycles. The standard InChI is InChI=1S/C18H16N2O/c1-14-7-9-16(10-8-14)13-20-18(21)17(12-19)11-15-5-3-2-4-6-15/h2-11H,13H2,1H3,(H,20,21). The van der Waals surface area contributed by atoms with Gasteiger partial charge in [0.1, 0.15) is 11.6 Å². The zero-order chi connectivity index (χ0) is 15.1. The van der Waals surface area contributed by atoms with Crippen LogP contribution >= 0.6 is 0 Å². The van der Waals surface area contributed by atoms with Gasteiger partial charge in [0, 0.05) is 6.54 Å². The van der Waals surface area contributed by atoms with E-state index >= 15 is 0 Å². The normalized spacial score (nSPS) is 10.8. The molecule has 1 amide bonds. The summed E-state index contributed by atoms with van der Waals surface area (Å²) in [5.74, 6) is -0.359. The van der Waals surface area contributed by atoms with Crippen LogP contribution in [-0.2, 0) is 11.3 Å². The lowest BCUT2D eigenvalue weighted by molar-refractivity contribution is -0.117. The van der Waals surface area contributed by atoms with Crippen LogP contribution in [0, 0.1) is 18.3 Å². The Balaban J connectivity index is 2.03. The van der Waals surface area contributed by atoms with Gasteiger partial charge in [-0.15, -0.1) is 0 Å². The Bertz CT molecular complexity index is 679. The number of benzene rings is 2. The van der Waals surface area contributed by atoms with Crippen molar-refractivity contribution in [1.29, 1.82) is 5.26 Å². The lowest BCUT2D eigenvalue weighted by atomic mass is 10.1. The van der Waals surface area contributed by atoms with E-state index in [2.05, 4.69) is 5.32 Å². The maximum Gasteiger partial charge on any atom is 0.262 e. The lowest BCUT2D eigenvalue weighted by Gasteiger charge is -2.05. The highest BCUT2D eigenvalue weighted by atomic mass is 16.1. The fraction of sp³-hybridized carbons (Fsp3) is 0.111. The van der Waals surface area contributed by atoms with Gasteiger partial charge in [0.25, 0.3) is 5.91 Å². The molecule has 0 spiro atoms. The molecular weight excluding hydrogens is 260 g/mol. The number of amides is 1. The summed E-state index contributed by atoms with van der Waals surface area (Å²) in [4.78, 5) is 12.0. The minimum absolute atomic E-state index is 0.105. The molecule has 0 saturated carbocycles. The van der Waals surface area contributed by atoms with Gasteiger partial charge in [-0.1, -0.05) is 60.2 Å². The number of hydrogen-bond acceptors (Lipinski definition) is 2. The molecule has 0 fully saturated rings. The second-order valence-electron chi connectivity index (χ2n) is 4.75. The van der Waals surface area contributed by atoms with Gasteiger partial charge in [-0.05, 0) is 24.1 Å². The Hall–Kier alpha value is -2.86. The van der Waals surface area contributed by atoms with E-state index in [9.17, 15) is 4.79 Å². The summed E-state index contributed by atoms with van der Waals surface area (Å²) in [6.45, 7) is 2.42. The van der Waals surface area contributed by atoms with Crippen molar-refractivity contribution >= 4 is 12.0 Å². The Morgan fingerprint density at radius 3 is 2.43 bits per heavy atom. The van der Waals surface area contributed by atoms with Crippen LogP contribution in [0.5, 0.6) is 0 Å². The van der Waals surface area contributed by atoms with Crippen molar-refractivity contribution in [3.8, 4) is 6.07 Å². The smallest absolute Gasteiger partial charge is 0.262 e. The molecule has 3 heteroatoms. The summed E-state index contributed by atoms with van der Waals surface area (Å²) in [7, 11) is 0. The molecule has 0 saturated heterocycles. The molecule has 0 aliphatic rings. The van der Waals surface area contributed by atoms with Gasteiger partial charge in [0.15, 0.2) is 0 Å². The number of carbonyl (C=O) groups is 1. The molecule has 21 heavy (non-hydrogen) atoms. The van der Waals surface area contributed by atoms with E-state index in [-0.39, 0.29) is 11.5 Å². The Kier molecular flexibility index (Phi) is 4.89. The molecule has 2 rings (SSSR count). The quantitative estimate of drug-likeness (QED) is 0.688. The Labute approximate surface area is 124 Å².